The maximum atomic E-state index is 12.5. The summed E-state index contributed by atoms with van der Waals surface area (Å²) in [6.45, 7) is 1.88. The van der Waals surface area contributed by atoms with Crippen molar-refractivity contribution in [2.75, 3.05) is 5.32 Å². The van der Waals surface area contributed by atoms with E-state index in [0.717, 1.165) is 27.0 Å². The number of anilines is 1. The summed E-state index contributed by atoms with van der Waals surface area (Å²) >= 11 is 9.26. The van der Waals surface area contributed by atoms with Crippen molar-refractivity contribution < 1.29 is 4.79 Å². The number of thiazole rings is 1. The highest BCUT2D eigenvalue weighted by atomic mass is 35.5. The standard InChI is InChI=1S/C19H15ClN4OS2/c1-12-8-17(24(23-12)15-5-2-4-13(20)9-15)22-18(25)10-14-11-27-19(21-14)16-6-3-7-26-16/h2-9,11H,10H2,1H3,(H,22,25). The molecule has 8 heteroatoms. The molecule has 3 heterocycles. The summed E-state index contributed by atoms with van der Waals surface area (Å²) in [6, 6.07) is 13.2. The molecule has 0 saturated carbocycles. The SMILES string of the molecule is Cc1cc(NC(=O)Cc2csc(-c3cccs3)n2)n(-c2cccc(Cl)c2)n1. The fourth-order valence-electron chi connectivity index (χ4n) is 2.65. The molecule has 0 atom stereocenters. The van der Waals surface area contributed by atoms with Gasteiger partial charge in [0, 0.05) is 16.5 Å². The fourth-order valence-corrected chi connectivity index (χ4v) is 4.46. The van der Waals surface area contributed by atoms with Crippen LogP contribution in [0.4, 0.5) is 5.82 Å². The van der Waals surface area contributed by atoms with Crippen molar-refractivity contribution in [1.82, 2.24) is 14.8 Å². The third-order valence-corrected chi connectivity index (χ3v) is 5.94. The Morgan fingerprint density at radius 1 is 1.22 bits per heavy atom. The second kappa shape index (κ2) is 7.64. The van der Waals surface area contributed by atoms with E-state index in [4.69, 9.17) is 11.6 Å². The molecule has 136 valence electrons. The first-order chi connectivity index (χ1) is 13.1. The molecule has 1 N–H and O–H groups in total. The van der Waals surface area contributed by atoms with Gasteiger partial charge < -0.3 is 5.32 Å². The van der Waals surface area contributed by atoms with Crippen LogP contribution in [0.5, 0.6) is 0 Å². The number of hydrogen-bond acceptors (Lipinski definition) is 5. The summed E-state index contributed by atoms with van der Waals surface area (Å²) < 4.78 is 1.68. The first-order valence-electron chi connectivity index (χ1n) is 8.19. The molecule has 0 radical (unpaired) electrons. The van der Waals surface area contributed by atoms with E-state index >= 15 is 0 Å². The van der Waals surface area contributed by atoms with E-state index in [1.54, 1.807) is 39.5 Å². The maximum Gasteiger partial charge on any atom is 0.231 e. The number of nitrogens with one attached hydrogen (secondary N) is 1. The van der Waals surface area contributed by atoms with Crippen molar-refractivity contribution in [2.45, 2.75) is 13.3 Å². The van der Waals surface area contributed by atoms with Crippen LogP contribution in [0.2, 0.25) is 5.02 Å². The molecule has 4 aromatic rings. The molecule has 5 nitrogen and oxygen atoms in total. The van der Waals surface area contributed by atoms with E-state index in [9.17, 15) is 4.79 Å². The first kappa shape index (κ1) is 17.9. The number of aromatic nitrogens is 3. The van der Waals surface area contributed by atoms with Crippen LogP contribution in [-0.2, 0) is 11.2 Å². The highest BCUT2D eigenvalue weighted by molar-refractivity contribution is 7.20. The zero-order valence-corrected chi connectivity index (χ0v) is 16.7. The second-order valence-electron chi connectivity index (χ2n) is 5.91. The Labute approximate surface area is 169 Å². The fraction of sp³-hybridized carbons (Fsp3) is 0.105. The highest BCUT2D eigenvalue weighted by Crippen LogP contribution is 2.28. The Balaban J connectivity index is 1.50. The first-order valence-corrected chi connectivity index (χ1v) is 10.3. The van der Waals surface area contributed by atoms with Crippen molar-refractivity contribution in [2.24, 2.45) is 0 Å². The van der Waals surface area contributed by atoms with Crippen LogP contribution in [0.3, 0.4) is 0 Å². The quantitative estimate of drug-likeness (QED) is 0.488. The van der Waals surface area contributed by atoms with Crippen LogP contribution >= 0.6 is 34.3 Å². The topological polar surface area (TPSA) is 59.8 Å². The Morgan fingerprint density at radius 2 is 2.11 bits per heavy atom. The third-order valence-electron chi connectivity index (χ3n) is 3.78. The van der Waals surface area contributed by atoms with Crippen LogP contribution in [0, 0.1) is 6.92 Å². The van der Waals surface area contributed by atoms with Crippen LogP contribution < -0.4 is 5.32 Å². The number of benzene rings is 1. The summed E-state index contributed by atoms with van der Waals surface area (Å²) in [5, 5.41) is 12.9. The number of hydrogen-bond donors (Lipinski definition) is 1. The minimum absolute atomic E-state index is 0.138. The molecule has 0 aliphatic heterocycles. The van der Waals surface area contributed by atoms with E-state index < -0.39 is 0 Å². The predicted molar refractivity (Wildman–Crippen MR) is 111 cm³/mol. The van der Waals surface area contributed by atoms with Crippen molar-refractivity contribution in [1.29, 1.82) is 0 Å². The molecular weight excluding hydrogens is 400 g/mol. The number of nitrogens with zero attached hydrogens (tertiary/aromatic N) is 3. The summed E-state index contributed by atoms with van der Waals surface area (Å²) in [4.78, 5) is 18.2. The van der Waals surface area contributed by atoms with Crippen LogP contribution in [0.25, 0.3) is 15.6 Å². The lowest BCUT2D eigenvalue weighted by Crippen LogP contribution is -2.17. The Morgan fingerprint density at radius 3 is 2.89 bits per heavy atom. The number of thiophene rings is 1. The summed E-state index contributed by atoms with van der Waals surface area (Å²) in [7, 11) is 0. The molecule has 0 bridgehead atoms. The second-order valence-corrected chi connectivity index (χ2v) is 8.15. The average Bonchev–Trinajstić information content (AvgIpc) is 3.35. The van der Waals surface area contributed by atoms with Gasteiger partial charge in [0.05, 0.1) is 28.4 Å². The van der Waals surface area contributed by atoms with Gasteiger partial charge in [0.2, 0.25) is 5.91 Å². The molecule has 27 heavy (non-hydrogen) atoms. The van der Waals surface area contributed by atoms with E-state index in [1.807, 2.05) is 48.0 Å². The van der Waals surface area contributed by atoms with Crippen molar-refractivity contribution >= 4 is 46.0 Å². The minimum Gasteiger partial charge on any atom is -0.310 e. The van der Waals surface area contributed by atoms with E-state index in [2.05, 4.69) is 15.4 Å². The average molecular weight is 415 g/mol. The molecule has 0 aliphatic carbocycles. The van der Waals surface area contributed by atoms with Gasteiger partial charge in [-0.2, -0.15) is 5.10 Å². The smallest absolute Gasteiger partial charge is 0.231 e. The van der Waals surface area contributed by atoms with E-state index in [1.165, 1.54) is 0 Å². The lowest BCUT2D eigenvalue weighted by Gasteiger charge is -2.08. The lowest BCUT2D eigenvalue weighted by molar-refractivity contribution is -0.115. The number of carbonyl (C=O) groups is 1. The number of amides is 1. The number of aryl methyl sites for hydroxylation is 1. The minimum atomic E-state index is -0.138. The molecule has 0 saturated heterocycles. The Kier molecular flexibility index (Phi) is 5.07. The van der Waals surface area contributed by atoms with Gasteiger partial charge in [0.1, 0.15) is 10.8 Å². The molecule has 1 aromatic carbocycles. The number of rotatable bonds is 5. The van der Waals surface area contributed by atoms with Crippen molar-refractivity contribution in [3.63, 3.8) is 0 Å². The van der Waals surface area contributed by atoms with Crippen molar-refractivity contribution in [3.8, 4) is 15.6 Å². The summed E-state index contributed by atoms with van der Waals surface area (Å²) in [5.74, 6) is 0.467. The summed E-state index contributed by atoms with van der Waals surface area (Å²) in [5.41, 5.74) is 2.35. The number of carbonyl (C=O) groups excluding carboxylic acids is 1. The predicted octanol–water partition coefficient (Wildman–Crippen LogP) is 5.20. The molecule has 0 fully saturated rings. The van der Waals surface area contributed by atoms with Gasteiger partial charge in [-0.1, -0.05) is 23.7 Å². The van der Waals surface area contributed by atoms with Gasteiger partial charge >= 0.3 is 0 Å². The molecule has 0 spiro atoms. The van der Waals surface area contributed by atoms with Gasteiger partial charge in [-0.15, -0.1) is 22.7 Å². The summed E-state index contributed by atoms with van der Waals surface area (Å²) in [6.07, 6.45) is 0.210. The zero-order valence-electron chi connectivity index (χ0n) is 14.3. The lowest BCUT2D eigenvalue weighted by atomic mass is 10.3. The molecule has 3 aromatic heterocycles. The normalized spacial score (nSPS) is 10.9. The van der Waals surface area contributed by atoms with Gasteiger partial charge in [0.15, 0.2) is 0 Å². The highest BCUT2D eigenvalue weighted by Gasteiger charge is 2.14. The van der Waals surface area contributed by atoms with Gasteiger partial charge in [-0.3, -0.25) is 4.79 Å². The molecule has 0 unspecified atom stereocenters. The zero-order chi connectivity index (χ0) is 18.8. The Bertz CT molecular complexity index is 1090. The molecule has 0 aliphatic rings. The van der Waals surface area contributed by atoms with E-state index in [0.29, 0.717) is 10.8 Å². The number of halogens is 1. The van der Waals surface area contributed by atoms with Crippen LogP contribution in [0.15, 0.2) is 53.2 Å². The monoisotopic (exact) mass is 414 g/mol. The van der Waals surface area contributed by atoms with Gasteiger partial charge in [0.25, 0.3) is 0 Å². The van der Waals surface area contributed by atoms with Crippen LogP contribution in [0.1, 0.15) is 11.4 Å². The molecule has 1 amide bonds. The maximum absolute atomic E-state index is 12.5. The Hall–Kier alpha value is -2.48. The molecular formula is C19H15ClN4OS2. The third kappa shape index (κ3) is 4.10. The van der Waals surface area contributed by atoms with Gasteiger partial charge in [-0.05, 0) is 36.6 Å². The largest absolute Gasteiger partial charge is 0.310 e. The van der Waals surface area contributed by atoms with E-state index in [-0.39, 0.29) is 12.3 Å². The van der Waals surface area contributed by atoms with Crippen molar-refractivity contribution in [3.05, 3.63) is 69.6 Å². The van der Waals surface area contributed by atoms with Crippen LogP contribution in [-0.4, -0.2) is 20.7 Å². The molecule has 4 rings (SSSR count). The van der Waals surface area contributed by atoms with Gasteiger partial charge in [-0.25, -0.2) is 9.67 Å².